The summed E-state index contributed by atoms with van der Waals surface area (Å²) in [5.74, 6) is 0.248. The Balaban J connectivity index is 1.67. The van der Waals surface area contributed by atoms with Gasteiger partial charge in [0.2, 0.25) is 27.7 Å². The summed E-state index contributed by atoms with van der Waals surface area (Å²) in [7, 11) is -3.76. The van der Waals surface area contributed by atoms with Crippen LogP contribution in [0, 0.1) is 6.92 Å². The predicted octanol–water partition coefficient (Wildman–Crippen LogP) is 2.48. The number of amides is 1. The monoisotopic (exact) mass is 386 g/mol. The van der Waals surface area contributed by atoms with Crippen molar-refractivity contribution >= 4 is 21.6 Å². The lowest BCUT2D eigenvalue weighted by Gasteiger charge is -2.06. The Hall–Kier alpha value is -3.04. The Labute approximate surface area is 156 Å². The lowest BCUT2D eigenvalue weighted by Crippen LogP contribution is -2.23. The minimum Gasteiger partial charge on any atom is -0.419 e. The van der Waals surface area contributed by atoms with Gasteiger partial charge in [0.05, 0.1) is 11.4 Å². The highest BCUT2D eigenvalue weighted by Gasteiger charge is 2.16. The quantitative estimate of drug-likeness (QED) is 0.673. The fourth-order valence-corrected chi connectivity index (χ4v) is 3.27. The molecule has 140 valence electrons. The van der Waals surface area contributed by atoms with E-state index in [0.717, 1.165) is 11.1 Å². The summed E-state index contributed by atoms with van der Waals surface area (Å²) in [6.45, 7) is 3.22. The predicted molar refractivity (Wildman–Crippen MR) is 99.2 cm³/mol. The number of hydrogen-bond acceptors (Lipinski definition) is 6. The van der Waals surface area contributed by atoms with Gasteiger partial charge in [-0.05, 0) is 43.3 Å². The summed E-state index contributed by atoms with van der Waals surface area (Å²) in [6, 6.07) is 13.4. The summed E-state index contributed by atoms with van der Waals surface area (Å²) < 4.78 is 32.7. The molecule has 0 saturated heterocycles. The van der Waals surface area contributed by atoms with Gasteiger partial charge in [0.15, 0.2) is 0 Å². The molecule has 0 bridgehead atoms. The maximum absolute atomic E-state index is 12.4. The number of carbonyl (C=O) groups is 1. The Morgan fingerprint density at radius 1 is 1.04 bits per heavy atom. The van der Waals surface area contributed by atoms with Gasteiger partial charge in [-0.3, -0.25) is 4.79 Å². The molecule has 0 fully saturated rings. The van der Waals surface area contributed by atoms with Crippen molar-refractivity contribution in [3.63, 3.8) is 0 Å². The zero-order valence-electron chi connectivity index (χ0n) is 14.8. The molecule has 0 aliphatic carbocycles. The maximum Gasteiger partial charge on any atom is 0.247 e. The molecule has 0 unspecified atom stereocenters. The number of rotatable bonds is 6. The van der Waals surface area contributed by atoms with E-state index in [1.807, 2.05) is 31.2 Å². The SMILES string of the molecule is CC(=O)Nc1ccc(S(=O)(=O)NCc2nnc(-c3ccc(C)cc3)o2)cc1. The number of sulfonamides is 1. The smallest absolute Gasteiger partial charge is 0.247 e. The normalized spacial score (nSPS) is 11.3. The van der Waals surface area contributed by atoms with Crippen molar-refractivity contribution in [2.45, 2.75) is 25.3 Å². The van der Waals surface area contributed by atoms with Gasteiger partial charge in [0, 0.05) is 18.2 Å². The molecule has 2 N–H and O–H groups in total. The summed E-state index contributed by atoms with van der Waals surface area (Å²) in [6.07, 6.45) is 0. The zero-order valence-corrected chi connectivity index (χ0v) is 15.6. The number of nitrogens with one attached hydrogen (secondary N) is 2. The van der Waals surface area contributed by atoms with Crippen LogP contribution in [0.15, 0.2) is 57.8 Å². The lowest BCUT2D eigenvalue weighted by atomic mass is 10.1. The topological polar surface area (TPSA) is 114 Å². The summed E-state index contributed by atoms with van der Waals surface area (Å²) >= 11 is 0. The second kappa shape index (κ2) is 7.68. The Morgan fingerprint density at radius 3 is 2.33 bits per heavy atom. The fourth-order valence-electron chi connectivity index (χ4n) is 2.30. The molecule has 3 rings (SSSR count). The first-order valence-electron chi connectivity index (χ1n) is 8.10. The van der Waals surface area contributed by atoms with Crippen molar-refractivity contribution in [1.29, 1.82) is 0 Å². The first-order valence-corrected chi connectivity index (χ1v) is 9.58. The van der Waals surface area contributed by atoms with Crippen LogP contribution in [0.5, 0.6) is 0 Å². The third kappa shape index (κ3) is 4.78. The van der Waals surface area contributed by atoms with E-state index in [1.54, 1.807) is 0 Å². The van der Waals surface area contributed by atoms with Crippen LogP contribution >= 0.6 is 0 Å². The fraction of sp³-hybridized carbons (Fsp3) is 0.167. The van der Waals surface area contributed by atoms with Gasteiger partial charge >= 0.3 is 0 Å². The molecule has 3 aromatic rings. The van der Waals surface area contributed by atoms with Crippen LogP contribution in [-0.4, -0.2) is 24.5 Å². The number of benzene rings is 2. The number of aromatic nitrogens is 2. The minimum atomic E-state index is -3.76. The molecule has 0 aliphatic rings. The van der Waals surface area contributed by atoms with Gasteiger partial charge in [-0.2, -0.15) is 0 Å². The number of nitrogens with zero attached hydrogens (tertiary/aromatic N) is 2. The molecule has 0 aliphatic heterocycles. The molecule has 27 heavy (non-hydrogen) atoms. The van der Waals surface area contributed by atoms with Crippen LogP contribution in [-0.2, 0) is 21.4 Å². The standard InChI is InChI=1S/C18H18N4O4S/c1-12-3-5-14(6-4-12)18-22-21-17(26-18)11-19-27(24,25)16-9-7-15(8-10-16)20-13(2)23/h3-10,19H,11H2,1-2H3,(H,20,23). The van der Waals surface area contributed by atoms with Crippen LogP contribution in [0.1, 0.15) is 18.4 Å². The van der Waals surface area contributed by atoms with E-state index >= 15 is 0 Å². The van der Waals surface area contributed by atoms with Crippen molar-refractivity contribution in [3.8, 4) is 11.5 Å². The highest BCUT2D eigenvalue weighted by Crippen LogP contribution is 2.19. The maximum atomic E-state index is 12.4. The molecule has 1 amide bonds. The first-order chi connectivity index (χ1) is 12.8. The lowest BCUT2D eigenvalue weighted by molar-refractivity contribution is -0.114. The minimum absolute atomic E-state index is 0.0647. The molecule has 8 nitrogen and oxygen atoms in total. The van der Waals surface area contributed by atoms with Crippen molar-refractivity contribution in [1.82, 2.24) is 14.9 Å². The number of carbonyl (C=O) groups excluding carboxylic acids is 1. The number of anilines is 1. The molecule has 0 radical (unpaired) electrons. The van der Waals surface area contributed by atoms with Crippen molar-refractivity contribution < 1.29 is 17.6 Å². The highest BCUT2D eigenvalue weighted by atomic mass is 32.2. The van der Waals surface area contributed by atoms with Crippen molar-refractivity contribution in [3.05, 3.63) is 60.0 Å². The first kappa shape index (κ1) is 18.7. The molecule has 0 atom stereocenters. The Kier molecular flexibility index (Phi) is 5.33. The van der Waals surface area contributed by atoms with Crippen LogP contribution in [0.25, 0.3) is 11.5 Å². The second-order valence-corrected chi connectivity index (χ2v) is 7.66. The third-order valence-corrected chi connectivity index (χ3v) is 5.08. The van der Waals surface area contributed by atoms with E-state index in [9.17, 15) is 13.2 Å². The molecular formula is C18H18N4O4S. The van der Waals surface area contributed by atoms with E-state index in [4.69, 9.17) is 4.42 Å². The van der Waals surface area contributed by atoms with E-state index < -0.39 is 10.0 Å². The molecule has 0 spiro atoms. The average Bonchev–Trinajstić information content (AvgIpc) is 3.10. The zero-order chi connectivity index (χ0) is 19.4. The molecule has 1 heterocycles. The molecule has 2 aromatic carbocycles. The molecule has 0 saturated carbocycles. The largest absolute Gasteiger partial charge is 0.419 e. The molecule has 1 aromatic heterocycles. The van der Waals surface area contributed by atoms with E-state index in [2.05, 4.69) is 20.2 Å². The van der Waals surface area contributed by atoms with E-state index in [-0.39, 0.29) is 23.2 Å². The Bertz CT molecular complexity index is 1040. The van der Waals surface area contributed by atoms with Gasteiger partial charge in [-0.25, -0.2) is 13.1 Å². The van der Waals surface area contributed by atoms with Crippen LogP contribution in [0.3, 0.4) is 0 Å². The number of aryl methyl sites for hydroxylation is 1. The van der Waals surface area contributed by atoms with Crippen LogP contribution in [0.4, 0.5) is 5.69 Å². The van der Waals surface area contributed by atoms with Gasteiger partial charge in [0.1, 0.15) is 0 Å². The van der Waals surface area contributed by atoms with Gasteiger partial charge in [-0.1, -0.05) is 17.7 Å². The van der Waals surface area contributed by atoms with E-state index in [1.165, 1.54) is 31.2 Å². The van der Waals surface area contributed by atoms with Crippen LogP contribution < -0.4 is 10.0 Å². The summed E-state index contributed by atoms with van der Waals surface area (Å²) in [4.78, 5) is 11.1. The van der Waals surface area contributed by atoms with E-state index in [0.29, 0.717) is 11.6 Å². The molecular weight excluding hydrogens is 368 g/mol. The van der Waals surface area contributed by atoms with Crippen molar-refractivity contribution in [2.24, 2.45) is 0 Å². The highest BCUT2D eigenvalue weighted by molar-refractivity contribution is 7.89. The Morgan fingerprint density at radius 2 is 1.70 bits per heavy atom. The number of hydrogen-bond donors (Lipinski definition) is 2. The van der Waals surface area contributed by atoms with Crippen LogP contribution in [0.2, 0.25) is 0 Å². The third-order valence-electron chi connectivity index (χ3n) is 3.66. The summed E-state index contributed by atoms with van der Waals surface area (Å²) in [5.41, 5.74) is 2.38. The average molecular weight is 386 g/mol. The van der Waals surface area contributed by atoms with Gasteiger partial charge < -0.3 is 9.73 Å². The van der Waals surface area contributed by atoms with Gasteiger partial charge in [0.25, 0.3) is 0 Å². The summed E-state index contributed by atoms with van der Waals surface area (Å²) in [5, 5.41) is 10.4. The van der Waals surface area contributed by atoms with Gasteiger partial charge in [-0.15, -0.1) is 10.2 Å². The second-order valence-electron chi connectivity index (χ2n) is 5.90. The van der Waals surface area contributed by atoms with Crippen molar-refractivity contribution in [2.75, 3.05) is 5.32 Å². The molecule has 9 heteroatoms.